The van der Waals surface area contributed by atoms with Crippen LogP contribution in [-0.2, 0) is 50.0 Å². The van der Waals surface area contributed by atoms with Crippen molar-refractivity contribution in [1.82, 2.24) is 49.6 Å². The zero-order chi connectivity index (χ0) is 71.4. The Balaban J connectivity index is 0.000000209. The van der Waals surface area contributed by atoms with E-state index in [-0.39, 0.29) is 69.1 Å². The summed E-state index contributed by atoms with van der Waals surface area (Å²) in [5.41, 5.74) is 8.87. The number of hydrogen-bond donors (Lipinski definition) is 1. The molecule has 0 aliphatic carbocycles. The van der Waals surface area contributed by atoms with Gasteiger partial charge in [0.05, 0.1) is 46.2 Å². The first-order valence-corrected chi connectivity index (χ1v) is 33.8. The van der Waals surface area contributed by atoms with E-state index < -0.39 is 41.6 Å². The number of ether oxygens (including phenoxy) is 4. The molecule has 2 fully saturated rings. The third-order valence-corrected chi connectivity index (χ3v) is 16.9. The van der Waals surface area contributed by atoms with E-state index >= 15 is 0 Å². The summed E-state index contributed by atoms with van der Waals surface area (Å²) in [4.78, 5) is 133. The first-order valence-electron chi connectivity index (χ1n) is 33.8. The smallest absolute Gasteiger partial charge is 0.411 e. The molecule has 0 bridgehead atoms. The Bertz CT molecular complexity index is 3730. The van der Waals surface area contributed by atoms with Crippen LogP contribution in [0.2, 0.25) is 0 Å². The zero-order valence-corrected chi connectivity index (χ0v) is 58.7. The highest BCUT2D eigenvalue weighted by atomic mass is 16.6. The summed E-state index contributed by atoms with van der Waals surface area (Å²) < 4.78 is 22.0. The van der Waals surface area contributed by atoms with Gasteiger partial charge in [0.15, 0.2) is 0 Å². The van der Waals surface area contributed by atoms with Gasteiger partial charge in [-0.05, 0) is 166 Å². The number of carbonyl (C=O) groups is 9. The largest absolute Gasteiger partial charge is 0.445 e. The normalized spacial score (nSPS) is 15.9. The van der Waals surface area contributed by atoms with Crippen LogP contribution in [0.25, 0.3) is 0 Å². The number of pyridine rings is 2. The molecule has 2 saturated heterocycles. The highest BCUT2D eigenvalue weighted by Crippen LogP contribution is 2.26. The van der Waals surface area contributed by atoms with Gasteiger partial charge < -0.3 is 43.8 Å². The number of nitrogens with one attached hydrogen (secondary N) is 1. The number of nitrogens with zero attached hydrogens (tertiary/aromatic N) is 9. The van der Waals surface area contributed by atoms with Gasteiger partial charge in [-0.2, -0.15) is 0 Å². The number of fused-ring (bicyclic) bond motifs is 2. The fourth-order valence-electron chi connectivity index (χ4n) is 11.8. The Hall–Kier alpha value is -9.87. The molecular formula is C76H94N10O13. The van der Waals surface area contributed by atoms with Gasteiger partial charge in [-0.25, -0.2) is 19.2 Å². The third kappa shape index (κ3) is 21.6. The van der Waals surface area contributed by atoms with Crippen LogP contribution in [0.3, 0.4) is 0 Å². The number of rotatable bonds is 21. The number of aromatic nitrogens is 2. The second-order valence-corrected chi connectivity index (χ2v) is 27.2. The Morgan fingerprint density at radius 2 is 0.960 bits per heavy atom. The number of hydrogen-bond acceptors (Lipinski definition) is 17. The van der Waals surface area contributed by atoms with Crippen LogP contribution in [0.4, 0.5) is 19.2 Å². The lowest BCUT2D eigenvalue weighted by molar-refractivity contribution is -0.114. The Morgan fingerprint density at radius 3 is 1.41 bits per heavy atom. The number of imide groups is 2. The van der Waals surface area contributed by atoms with E-state index in [1.165, 1.54) is 30.7 Å². The van der Waals surface area contributed by atoms with Crippen LogP contribution >= 0.6 is 0 Å². The van der Waals surface area contributed by atoms with Crippen molar-refractivity contribution in [3.63, 3.8) is 0 Å². The minimum absolute atomic E-state index is 0.0936. The Labute approximate surface area is 580 Å². The van der Waals surface area contributed by atoms with Crippen molar-refractivity contribution < 1.29 is 62.1 Å². The van der Waals surface area contributed by atoms with Crippen molar-refractivity contribution in [2.45, 2.75) is 145 Å². The van der Waals surface area contributed by atoms with E-state index in [1.54, 1.807) is 79.1 Å². The zero-order valence-electron chi connectivity index (χ0n) is 58.7. The molecule has 23 heteroatoms. The minimum Gasteiger partial charge on any atom is -0.445 e. The Kier molecular flexibility index (Phi) is 26.5. The summed E-state index contributed by atoms with van der Waals surface area (Å²) in [6.07, 6.45) is 5.47. The molecule has 526 valence electrons. The van der Waals surface area contributed by atoms with Gasteiger partial charge in [-0.3, -0.25) is 48.7 Å². The van der Waals surface area contributed by atoms with Crippen molar-refractivity contribution in [3.05, 3.63) is 201 Å². The highest BCUT2D eigenvalue weighted by Gasteiger charge is 2.40. The fourth-order valence-corrected chi connectivity index (χ4v) is 11.8. The maximum absolute atomic E-state index is 13.5. The molecule has 4 aromatic carbocycles. The molecule has 2 aromatic heterocycles. The number of benzene rings is 4. The van der Waals surface area contributed by atoms with Crippen molar-refractivity contribution in [2.75, 3.05) is 72.0 Å². The van der Waals surface area contributed by atoms with Crippen molar-refractivity contribution in [2.24, 2.45) is 0 Å². The highest BCUT2D eigenvalue weighted by molar-refractivity contribution is 6.22. The Morgan fingerprint density at radius 1 is 0.535 bits per heavy atom. The molecule has 0 saturated carbocycles. The molecule has 6 aromatic rings. The lowest BCUT2D eigenvalue weighted by Gasteiger charge is -2.43. The average Bonchev–Trinajstić information content (AvgIpc) is 1.70. The first kappa shape index (κ1) is 74.9. The van der Waals surface area contributed by atoms with Gasteiger partial charge in [0, 0.05) is 77.8 Å². The molecule has 99 heavy (non-hydrogen) atoms. The van der Waals surface area contributed by atoms with Gasteiger partial charge in [-0.1, -0.05) is 97.1 Å². The number of aldehydes is 1. The van der Waals surface area contributed by atoms with Crippen LogP contribution < -0.4 is 5.32 Å². The van der Waals surface area contributed by atoms with Crippen LogP contribution in [0.1, 0.15) is 153 Å². The van der Waals surface area contributed by atoms with Gasteiger partial charge in [0.2, 0.25) is 0 Å². The van der Waals surface area contributed by atoms with Crippen molar-refractivity contribution in [1.29, 1.82) is 0 Å². The van der Waals surface area contributed by atoms with Gasteiger partial charge in [0.1, 0.15) is 36.7 Å². The van der Waals surface area contributed by atoms with E-state index in [9.17, 15) is 43.2 Å². The number of piperazine rings is 2. The topological polar surface area (TPSA) is 251 Å². The summed E-state index contributed by atoms with van der Waals surface area (Å²) in [6.45, 7) is 24.7. The third-order valence-electron chi connectivity index (χ3n) is 16.9. The summed E-state index contributed by atoms with van der Waals surface area (Å²) in [7, 11) is 0. The van der Waals surface area contributed by atoms with E-state index in [2.05, 4.69) is 34.3 Å². The SMILES string of the molecule is CC(C)(C)OC(=O)N1CCN(C(=O)OCc2ccccc2)C[C@@H]1C=O.Cc1cnc(CN(CCCCN2C(=O)c3ccccc3C2=O)C[C@H]2CN(C(=O)OCc3ccccc3)CCN2C(=O)OC(C)(C)C)c(C)c1.Cc1cnc(CNCCCCN2C(=O)c3ccccc3C2=O)c(C)c1. The van der Waals surface area contributed by atoms with Crippen molar-refractivity contribution in [3.8, 4) is 0 Å². The van der Waals surface area contributed by atoms with Crippen molar-refractivity contribution >= 4 is 54.3 Å². The molecule has 0 spiro atoms. The molecule has 2 atom stereocenters. The summed E-state index contributed by atoms with van der Waals surface area (Å²) in [5.74, 6) is -0.862. The molecule has 4 aliphatic rings. The summed E-state index contributed by atoms with van der Waals surface area (Å²) >= 11 is 0. The standard InChI is InChI=1S/C38H47N5O6.C20H23N3O2.C18H24N2O5/c1-27-21-28(2)33(39-22-27)25-40(17-11-12-18-43-34(44)31-15-9-10-16-32(31)35(43)45)23-30-24-41(19-20-42(30)37(47)49-38(3,4)5)36(46)48-26-29-13-7-6-8-14-29;1-14-11-15(2)18(22-12-14)13-21-9-5-6-10-23-19(24)16-7-3-4-8-17(16)20(23)25;1-18(2,3)25-17(23)20-10-9-19(11-15(20)12-21)16(22)24-13-14-7-5-4-6-8-14/h6-10,13-16,21-22,30H,11-12,17-20,23-26H2,1-5H3;3-4,7-8,11-12,21H,5-6,9-10,13H2,1-2H3;4-8,12,15H,9-11,13H2,1-3H3/t30-;;15-/m0.1/s1. The molecule has 23 nitrogen and oxygen atoms in total. The molecule has 10 rings (SSSR count). The molecule has 0 unspecified atom stereocenters. The molecule has 6 heterocycles. The van der Waals surface area contributed by atoms with E-state index in [4.69, 9.17) is 23.9 Å². The monoisotopic (exact) mass is 1350 g/mol. The number of amides is 8. The van der Waals surface area contributed by atoms with Gasteiger partial charge in [0.25, 0.3) is 23.6 Å². The molecule has 0 radical (unpaired) electrons. The molecule has 1 N–H and O–H groups in total. The van der Waals surface area contributed by atoms with Crippen LogP contribution in [-0.4, -0.2) is 194 Å². The first-order chi connectivity index (χ1) is 47.3. The summed E-state index contributed by atoms with van der Waals surface area (Å²) in [6, 6.07) is 35.9. The van der Waals surface area contributed by atoms with Crippen LogP contribution in [0.5, 0.6) is 0 Å². The second kappa shape index (κ2) is 35.1. The lowest BCUT2D eigenvalue weighted by Crippen LogP contribution is -2.60. The quantitative estimate of drug-likeness (QED) is 0.0304. The fraction of sp³-hybridized carbons (Fsp3) is 0.434. The summed E-state index contributed by atoms with van der Waals surface area (Å²) in [5, 5.41) is 3.38. The number of unbranched alkanes of at least 4 members (excludes halogenated alkanes) is 2. The predicted molar refractivity (Wildman–Crippen MR) is 372 cm³/mol. The van der Waals surface area contributed by atoms with E-state index in [0.29, 0.717) is 87.2 Å². The van der Waals surface area contributed by atoms with E-state index in [1.807, 2.05) is 115 Å². The van der Waals surface area contributed by atoms with Crippen LogP contribution in [0, 0.1) is 27.7 Å². The van der Waals surface area contributed by atoms with E-state index in [0.717, 1.165) is 59.6 Å². The molecule has 4 aliphatic heterocycles. The maximum atomic E-state index is 13.5. The average molecular weight is 1360 g/mol. The second-order valence-electron chi connectivity index (χ2n) is 27.2. The number of carbonyl (C=O) groups excluding carboxylic acids is 9. The minimum atomic E-state index is -0.743. The molecule has 8 amide bonds. The number of aryl methyl sites for hydroxylation is 4. The van der Waals surface area contributed by atoms with Crippen LogP contribution in [0.15, 0.2) is 134 Å². The predicted octanol–water partition coefficient (Wildman–Crippen LogP) is 11.1. The van der Waals surface area contributed by atoms with Gasteiger partial charge >= 0.3 is 24.4 Å². The molecular weight excluding hydrogens is 1260 g/mol. The van der Waals surface area contributed by atoms with Gasteiger partial charge in [-0.15, -0.1) is 0 Å². The maximum Gasteiger partial charge on any atom is 0.411 e. The lowest BCUT2D eigenvalue weighted by atomic mass is 10.1.